The summed E-state index contributed by atoms with van der Waals surface area (Å²) in [6, 6.07) is 14.0. The van der Waals surface area contributed by atoms with Crippen molar-refractivity contribution in [1.29, 1.82) is 0 Å². The lowest BCUT2D eigenvalue weighted by atomic mass is 10.1. The Morgan fingerprint density at radius 3 is 2.45 bits per heavy atom. The first kappa shape index (κ1) is 14.8. The summed E-state index contributed by atoms with van der Waals surface area (Å²) in [4.78, 5) is 14.2. The van der Waals surface area contributed by atoms with Gasteiger partial charge in [0.15, 0.2) is 0 Å². The number of carbonyl (C=O) groups is 1. The van der Waals surface area contributed by atoms with Crippen LogP contribution in [0.5, 0.6) is 0 Å². The van der Waals surface area contributed by atoms with Gasteiger partial charge >= 0.3 is 0 Å². The topological polar surface area (TPSA) is 20.3 Å². The van der Waals surface area contributed by atoms with Crippen LogP contribution in [-0.2, 0) is 6.54 Å². The van der Waals surface area contributed by atoms with E-state index in [1.54, 1.807) is 4.90 Å². The molecule has 0 radical (unpaired) electrons. The number of benzene rings is 2. The highest BCUT2D eigenvalue weighted by Gasteiger charge is 2.15. The summed E-state index contributed by atoms with van der Waals surface area (Å²) in [5.74, 6) is 0.0263. The highest BCUT2D eigenvalue weighted by atomic mass is 79.9. The maximum absolute atomic E-state index is 12.5. The molecule has 0 aliphatic rings. The van der Waals surface area contributed by atoms with Crippen molar-refractivity contribution in [2.75, 3.05) is 7.05 Å². The summed E-state index contributed by atoms with van der Waals surface area (Å²) in [5.41, 5.74) is 4.18. The Morgan fingerprint density at radius 1 is 1.10 bits per heavy atom. The van der Waals surface area contributed by atoms with Crippen molar-refractivity contribution < 1.29 is 4.79 Å². The molecule has 2 aromatic carbocycles. The fourth-order valence-electron chi connectivity index (χ4n) is 2.16. The molecule has 2 nitrogen and oxygen atoms in total. The molecule has 20 heavy (non-hydrogen) atoms. The summed E-state index contributed by atoms with van der Waals surface area (Å²) < 4.78 is 0.846. The molecule has 0 aliphatic carbocycles. The number of aryl methyl sites for hydroxylation is 2. The minimum absolute atomic E-state index is 0.0263. The van der Waals surface area contributed by atoms with Crippen LogP contribution in [0.4, 0.5) is 0 Å². The summed E-state index contributed by atoms with van der Waals surface area (Å²) >= 11 is 3.47. The van der Waals surface area contributed by atoms with Gasteiger partial charge in [0, 0.05) is 18.1 Å². The number of hydrogen-bond acceptors (Lipinski definition) is 1. The normalized spacial score (nSPS) is 10.4. The van der Waals surface area contributed by atoms with Gasteiger partial charge in [-0.1, -0.05) is 35.9 Å². The largest absolute Gasteiger partial charge is 0.337 e. The standard InChI is InChI=1S/C17H18BrNO/c1-12-5-4-6-14(9-12)11-19(3)17(20)15-8-7-13(2)10-16(15)18/h4-10H,11H2,1-3H3. The lowest BCUT2D eigenvalue weighted by Crippen LogP contribution is -2.26. The number of rotatable bonds is 3. The van der Waals surface area contributed by atoms with Gasteiger partial charge in [-0.05, 0) is 53.0 Å². The quantitative estimate of drug-likeness (QED) is 0.819. The summed E-state index contributed by atoms with van der Waals surface area (Å²) in [5, 5.41) is 0. The molecule has 0 aromatic heterocycles. The van der Waals surface area contributed by atoms with Gasteiger partial charge in [-0.2, -0.15) is 0 Å². The van der Waals surface area contributed by atoms with Crippen molar-refractivity contribution >= 4 is 21.8 Å². The van der Waals surface area contributed by atoms with Crippen LogP contribution in [-0.4, -0.2) is 17.9 Å². The van der Waals surface area contributed by atoms with Crippen LogP contribution in [0.25, 0.3) is 0 Å². The van der Waals surface area contributed by atoms with Gasteiger partial charge in [0.1, 0.15) is 0 Å². The van der Waals surface area contributed by atoms with E-state index >= 15 is 0 Å². The lowest BCUT2D eigenvalue weighted by Gasteiger charge is -2.18. The average molecular weight is 332 g/mol. The van der Waals surface area contributed by atoms with Gasteiger partial charge in [0.05, 0.1) is 5.56 Å². The predicted molar refractivity (Wildman–Crippen MR) is 85.9 cm³/mol. The molecule has 0 heterocycles. The van der Waals surface area contributed by atoms with Crippen LogP contribution in [0.3, 0.4) is 0 Å². The molecular formula is C17H18BrNO. The third-order valence-corrected chi connectivity index (χ3v) is 3.86. The zero-order valence-corrected chi connectivity index (χ0v) is 13.6. The molecule has 0 spiro atoms. The molecule has 0 saturated heterocycles. The Hall–Kier alpha value is -1.61. The van der Waals surface area contributed by atoms with Gasteiger partial charge in [-0.15, -0.1) is 0 Å². The molecule has 0 aliphatic heterocycles. The zero-order valence-electron chi connectivity index (χ0n) is 12.0. The van der Waals surface area contributed by atoms with E-state index in [1.165, 1.54) is 5.56 Å². The molecule has 0 saturated carbocycles. The van der Waals surface area contributed by atoms with Crippen LogP contribution in [0.1, 0.15) is 27.0 Å². The Bertz CT molecular complexity index is 637. The Morgan fingerprint density at radius 2 is 1.80 bits per heavy atom. The van der Waals surface area contributed by atoms with Crippen molar-refractivity contribution in [3.63, 3.8) is 0 Å². The lowest BCUT2D eigenvalue weighted by molar-refractivity contribution is 0.0784. The first-order valence-electron chi connectivity index (χ1n) is 6.54. The number of hydrogen-bond donors (Lipinski definition) is 0. The Balaban J connectivity index is 2.16. The van der Waals surface area contributed by atoms with E-state index in [4.69, 9.17) is 0 Å². The molecule has 0 unspecified atom stereocenters. The Kier molecular flexibility index (Phi) is 4.61. The molecule has 104 valence electrons. The van der Waals surface area contributed by atoms with E-state index in [9.17, 15) is 4.79 Å². The maximum atomic E-state index is 12.5. The second-order valence-electron chi connectivity index (χ2n) is 5.13. The smallest absolute Gasteiger partial charge is 0.255 e. The predicted octanol–water partition coefficient (Wildman–Crippen LogP) is 4.34. The van der Waals surface area contributed by atoms with E-state index in [1.807, 2.05) is 44.3 Å². The third kappa shape index (κ3) is 3.48. The van der Waals surface area contributed by atoms with Gasteiger partial charge in [0.25, 0.3) is 5.91 Å². The van der Waals surface area contributed by atoms with Gasteiger partial charge in [0.2, 0.25) is 0 Å². The summed E-state index contributed by atoms with van der Waals surface area (Å²) in [6.07, 6.45) is 0. The van der Waals surface area contributed by atoms with Crippen molar-refractivity contribution in [2.45, 2.75) is 20.4 Å². The summed E-state index contributed by atoms with van der Waals surface area (Å²) in [7, 11) is 1.83. The van der Waals surface area contributed by atoms with Crippen LogP contribution in [0.2, 0.25) is 0 Å². The Labute approximate surface area is 128 Å². The number of halogens is 1. The van der Waals surface area contributed by atoms with Crippen LogP contribution >= 0.6 is 15.9 Å². The third-order valence-electron chi connectivity index (χ3n) is 3.20. The first-order valence-corrected chi connectivity index (χ1v) is 7.34. The molecular weight excluding hydrogens is 314 g/mol. The highest BCUT2D eigenvalue weighted by molar-refractivity contribution is 9.10. The van der Waals surface area contributed by atoms with Crippen molar-refractivity contribution in [3.05, 3.63) is 69.2 Å². The molecule has 2 rings (SSSR count). The first-order chi connectivity index (χ1) is 9.47. The zero-order chi connectivity index (χ0) is 14.7. The van der Waals surface area contributed by atoms with Crippen molar-refractivity contribution in [2.24, 2.45) is 0 Å². The minimum Gasteiger partial charge on any atom is -0.337 e. The summed E-state index contributed by atoms with van der Waals surface area (Å²) in [6.45, 7) is 4.68. The van der Waals surface area contributed by atoms with Crippen molar-refractivity contribution in [1.82, 2.24) is 4.90 Å². The fraction of sp³-hybridized carbons (Fsp3) is 0.235. The highest BCUT2D eigenvalue weighted by Crippen LogP contribution is 2.20. The molecule has 0 fully saturated rings. The average Bonchev–Trinajstić information content (AvgIpc) is 2.38. The fourth-order valence-corrected chi connectivity index (χ4v) is 2.82. The van der Waals surface area contributed by atoms with Gasteiger partial charge in [-0.25, -0.2) is 0 Å². The monoisotopic (exact) mass is 331 g/mol. The molecule has 2 aromatic rings. The SMILES string of the molecule is Cc1cccc(CN(C)C(=O)c2ccc(C)cc2Br)c1. The van der Waals surface area contributed by atoms with Gasteiger partial charge in [-0.3, -0.25) is 4.79 Å². The van der Waals surface area contributed by atoms with E-state index in [2.05, 4.69) is 35.0 Å². The second-order valence-corrected chi connectivity index (χ2v) is 5.99. The molecule has 3 heteroatoms. The van der Waals surface area contributed by atoms with E-state index < -0.39 is 0 Å². The van der Waals surface area contributed by atoms with E-state index in [0.717, 1.165) is 15.6 Å². The van der Waals surface area contributed by atoms with Crippen LogP contribution in [0, 0.1) is 13.8 Å². The molecule has 0 bridgehead atoms. The maximum Gasteiger partial charge on any atom is 0.255 e. The van der Waals surface area contributed by atoms with E-state index in [0.29, 0.717) is 12.1 Å². The number of amides is 1. The minimum atomic E-state index is 0.0263. The number of nitrogens with zero attached hydrogens (tertiary/aromatic N) is 1. The molecule has 0 atom stereocenters. The molecule has 0 N–H and O–H groups in total. The van der Waals surface area contributed by atoms with Gasteiger partial charge < -0.3 is 4.90 Å². The van der Waals surface area contributed by atoms with E-state index in [-0.39, 0.29) is 5.91 Å². The molecule has 1 amide bonds. The van der Waals surface area contributed by atoms with Crippen LogP contribution < -0.4 is 0 Å². The second kappa shape index (κ2) is 6.23. The van der Waals surface area contributed by atoms with Crippen LogP contribution in [0.15, 0.2) is 46.9 Å². The number of carbonyl (C=O) groups excluding carboxylic acids is 1. The van der Waals surface area contributed by atoms with Crippen molar-refractivity contribution in [3.8, 4) is 0 Å².